The fourth-order valence-electron chi connectivity index (χ4n) is 2.38. The Bertz CT molecular complexity index is 839. The van der Waals surface area contributed by atoms with E-state index in [-0.39, 0.29) is 24.9 Å². The number of nitrogens with one attached hydrogen (secondary N) is 1. The lowest BCUT2D eigenvalue weighted by atomic mass is 10.1. The van der Waals surface area contributed by atoms with E-state index in [1.807, 2.05) is 79.1 Å². The molecule has 0 fully saturated rings. The van der Waals surface area contributed by atoms with Gasteiger partial charge in [-0.2, -0.15) is 9.67 Å². The fourth-order valence-corrected chi connectivity index (χ4v) is 2.38. The minimum Gasteiger partial charge on any atom is -1.00 e. The lowest BCUT2D eigenvalue weighted by Gasteiger charge is -2.06. The van der Waals surface area contributed by atoms with Crippen LogP contribution in [0.3, 0.4) is 0 Å². The lowest BCUT2D eigenvalue weighted by molar-refractivity contribution is -0.684. The minimum atomic E-state index is -0.183. The van der Waals surface area contributed by atoms with Crippen molar-refractivity contribution in [3.05, 3.63) is 96.6 Å². The SMILES string of the molecule is O=C(C[n+]1ccccc1)NN=C(Cc1ccccc1)c1ccccn1.[Cl-]. The Labute approximate surface area is 158 Å². The van der Waals surface area contributed by atoms with Crippen LogP contribution >= 0.6 is 0 Å². The van der Waals surface area contributed by atoms with Crippen molar-refractivity contribution >= 4 is 11.6 Å². The van der Waals surface area contributed by atoms with E-state index in [9.17, 15) is 4.79 Å². The first-order chi connectivity index (χ1) is 12.3. The molecular formula is C20H19ClN4O. The fraction of sp³-hybridized carbons (Fsp3) is 0.100. The summed E-state index contributed by atoms with van der Waals surface area (Å²) in [6.45, 7) is 0.213. The van der Waals surface area contributed by atoms with E-state index in [0.717, 1.165) is 17.0 Å². The quantitative estimate of drug-likeness (QED) is 0.350. The van der Waals surface area contributed by atoms with E-state index in [0.29, 0.717) is 6.42 Å². The van der Waals surface area contributed by atoms with Crippen molar-refractivity contribution in [2.75, 3.05) is 0 Å². The summed E-state index contributed by atoms with van der Waals surface area (Å²) in [5.41, 5.74) is 5.22. The molecule has 0 spiro atoms. The number of pyridine rings is 2. The Hall–Kier alpha value is -3.05. The van der Waals surface area contributed by atoms with Gasteiger partial charge in [0.15, 0.2) is 12.4 Å². The summed E-state index contributed by atoms with van der Waals surface area (Å²) in [5, 5.41) is 4.33. The molecule has 0 saturated carbocycles. The minimum absolute atomic E-state index is 0. The highest BCUT2D eigenvalue weighted by molar-refractivity contribution is 6.00. The first-order valence-corrected chi connectivity index (χ1v) is 8.06. The van der Waals surface area contributed by atoms with Gasteiger partial charge in [-0.3, -0.25) is 9.78 Å². The molecule has 1 N–H and O–H groups in total. The van der Waals surface area contributed by atoms with Crippen LogP contribution in [-0.2, 0) is 17.8 Å². The lowest BCUT2D eigenvalue weighted by Crippen LogP contribution is -3.00. The highest BCUT2D eigenvalue weighted by atomic mass is 35.5. The van der Waals surface area contributed by atoms with Crippen molar-refractivity contribution in [2.45, 2.75) is 13.0 Å². The third-order valence-corrected chi connectivity index (χ3v) is 3.59. The number of benzene rings is 1. The summed E-state index contributed by atoms with van der Waals surface area (Å²) in [7, 11) is 0. The van der Waals surface area contributed by atoms with Gasteiger partial charge in [0.2, 0.25) is 6.54 Å². The second-order valence-electron chi connectivity index (χ2n) is 5.52. The number of hydrogen-bond donors (Lipinski definition) is 1. The van der Waals surface area contributed by atoms with Gasteiger partial charge in [0, 0.05) is 24.8 Å². The molecule has 26 heavy (non-hydrogen) atoms. The number of aromatic nitrogens is 2. The second-order valence-corrected chi connectivity index (χ2v) is 5.52. The van der Waals surface area contributed by atoms with Crippen LogP contribution in [0.5, 0.6) is 0 Å². The van der Waals surface area contributed by atoms with Crippen LogP contribution in [0.15, 0.2) is 90.4 Å². The Morgan fingerprint density at radius 3 is 2.35 bits per heavy atom. The summed E-state index contributed by atoms with van der Waals surface area (Å²) >= 11 is 0. The van der Waals surface area contributed by atoms with Crippen molar-refractivity contribution in [3.8, 4) is 0 Å². The molecule has 132 valence electrons. The summed E-state index contributed by atoms with van der Waals surface area (Å²) in [5.74, 6) is -0.183. The van der Waals surface area contributed by atoms with Crippen LogP contribution in [0.2, 0.25) is 0 Å². The van der Waals surface area contributed by atoms with E-state index in [4.69, 9.17) is 0 Å². The molecule has 6 heteroatoms. The number of halogens is 1. The smallest absolute Gasteiger partial charge is 0.305 e. The van der Waals surface area contributed by atoms with Gasteiger partial charge < -0.3 is 12.4 Å². The monoisotopic (exact) mass is 366 g/mol. The van der Waals surface area contributed by atoms with E-state index >= 15 is 0 Å². The summed E-state index contributed by atoms with van der Waals surface area (Å²) in [6.07, 6.45) is 5.99. The normalized spacial score (nSPS) is 10.7. The molecule has 0 bridgehead atoms. The van der Waals surface area contributed by atoms with Crippen molar-refractivity contribution in [3.63, 3.8) is 0 Å². The number of amides is 1. The standard InChI is InChI=1S/C20H18N4O.ClH/c25-20(16-24-13-7-2-8-14-24)23-22-19(18-11-5-6-12-21-18)15-17-9-3-1-4-10-17;/h1-14H,15-16H2;1H. The first-order valence-electron chi connectivity index (χ1n) is 8.06. The van der Waals surface area contributed by atoms with E-state index in [2.05, 4.69) is 15.5 Å². The Morgan fingerprint density at radius 2 is 1.65 bits per heavy atom. The largest absolute Gasteiger partial charge is 1.00 e. The molecule has 0 aliphatic heterocycles. The first kappa shape index (κ1) is 19.3. The van der Waals surface area contributed by atoms with Crippen LogP contribution in [0, 0.1) is 0 Å². The Kier molecular flexibility index (Phi) is 7.46. The number of hydrogen-bond acceptors (Lipinski definition) is 3. The molecule has 3 aromatic rings. The summed E-state index contributed by atoms with van der Waals surface area (Å²) in [4.78, 5) is 16.5. The van der Waals surface area contributed by atoms with E-state index < -0.39 is 0 Å². The van der Waals surface area contributed by atoms with Gasteiger partial charge in [0.25, 0.3) is 0 Å². The molecule has 0 radical (unpaired) electrons. The van der Waals surface area contributed by atoms with Gasteiger partial charge in [-0.05, 0) is 17.7 Å². The molecule has 0 aliphatic carbocycles. The number of rotatable bonds is 6. The zero-order chi connectivity index (χ0) is 17.3. The number of hydrazone groups is 1. The van der Waals surface area contributed by atoms with Crippen molar-refractivity contribution in [1.29, 1.82) is 0 Å². The van der Waals surface area contributed by atoms with E-state index in [1.54, 1.807) is 10.8 Å². The van der Waals surface area contributed by atoms with Gasteiger partial charge in [-0.25, -0.2) is 5.43 Å². The van der Waals surface area contributed by atoms with Crippen LogP contribution in [-0.4, -0.2) is 16.6 Å². The molecular weight excluding hydrogens is 348 g/mol. The summed E-state index contributed by atoms with van der Waals surface area (Å²) < 4.78 is 1.79. The maximum Gasteiger partial charge on any atom is 0.305 e. The molecule has 0 aliphatic rings. The highest BCUT2D eigenvalue weighted by Crippen LogP contribution is 2.06. The van der Waals surface area contributed by atoms with Crippen molar-refractivity contribution in [2.24, 2.45) is 5.10 Å². The summed E-state index contributed by atoms with van der Waals surface area (Å²) in [6, 6.07) is 21.3. The molecule has 0 saturated heterocycles. The maximum absolute atomic E-state index is 12.1. The Morgan fingerprint density at radius 1 is 0.962 bits per heavy atom. The number of carbonyl (C=O) groups excluding carboxylic acids is 1. The van der Waals surface area contributed by atoms with E-state index in [1.165, 1.54) is 0 Å². The predicted molar refractivity (Wildman–Crippen MR) is 95.7 cm³/mol. The molecule has 1 amide bonds. The zero-order valence-corrected chi connectivity index (χ0v) is 14.9. The average molecular weight is 367 g/mol. The van der Waals surface area contributed by atoms with Crippen LogP contribution in [0.25, 0.3) is 0 Å². The molecule has 2 heterocycles. The molecule has 2 aromatic heterocycles. The topological polar surface area (TPSA) is 58.2 Å². The Balaban J connectivity index is 0.00000243. The van der Waals surface area contributed by atoms with Gasteiger partial charge in [-0.1, -0.05) is 42.5 Å². The molecule has 5 nitrogen and oxygen atoms in total. The van der Waals surface area contributed by atoms with Gasteiger partial charge in [0.1, 0.15) is 0 Å². The van der Waals surface area contributed by atoms with Gasteiger partial charge >= 0.3 is 5.91 Å². The zero-order valence-electron chi connectivity index (χ0n) is 14.1. The number of carbonyl (C=O) groups is 1. The predicted octanol–water partition coefficient (Wildman–Crippen LogP) is -0.864. The van der Waals surface area contributed by atoms with Crippen LogP contribution in [0.4, 0.5) is 0 Å². The average Bonchev–Trinajstić information content (AvgIpc) is 2.67. The highest BCUT2D eigenvalue weighted by Gasteiger charge is 2.10. The molecule has 3 rings (SSSR count). The third-order valence-electron chi connectivity index (χ3n) is 3.59. The molecule has 0 atom stereocenters. The van der Waals surface area contributed by atoms with Gasteiger partial charge in [-0.15, -0.1) is 0 Å². The van der Waals surface area contributed by atoms with Crippen LogP contribution < -0.4 is 22.4 Å². The third kappa shape index (κ3) is 5.79. The van der Waals surface area contributed by atoms with Crippen molar-refractivity contribution < 1.29 is 21.8 Å². The van der Waals surface area contributed by atoms with Gasteiger partial charge in [0.05, 0.1) is 11.4 Å². The second kappa shape index (κ2) is 10.1. The molecule has 0 unspecified atom stereocenters. The molecule has 1 aromatic carbocycles. The van der Waals surface area contributed by atoms with Crippen LogP contribution in [0.1, 0.15) is 11.3 Å². The van der Waals surface area contributed by atoms with Crippen molar-refractivity contribution in [1.82, 2.24) is 10.4 Å². The maximum atomic E-state index is 12.1. The number of nitrogens with zero attached hydrogens (tertiary/aromatic N) is 3.